The molecule has 1 atom stereocenters. The second-order valence-electron chi connectivity index (χ2n) is 4.12. The van der Waals surface area contributed by atoms with Gasteiger partial charge in [-0.25, -0.2) is 0 Å². The highest BCUT2D eigenvalue weighted by Crippen LogP contribution is 2.48. The molecule has 0 heterocycles. The van der Waals surface area contributed by atoms with Crippen molar-refractivity contribution in [3.63, 3.8) is 0 Å². The molecule has 1 unspecified atom stereocenters. The van der Waals surface area contributed by atoms with Crippen molar-refractivity contribution < 1.29 is 4.79 Å². The summed E-state index contributed by atoms with van der Waals surface area (Å²) in [5, 5.41) is 2.90. The number of hydrogen-bond donors (Lipinski definition) is 1. The Balaban J connectivity index is 0.000000671. The summed E-state index contributed by atoms with van der Waals surface area (Å²) in [5.74, 6) is 0.0850. The highest BCUT2D eigenvalue weighted by molar-refractivity contribution is 5.73. The Hall–Kier alpha value is -0.530. The average molecular weight is 185 g/mol. The largest absolute Gasteiger partial charge is 0.354 e. The molecule has 1 saturated carbocycles. The summed E-state index contributed by atoms with van der Waals surface area (Å²) < 4.78 is 0. The van der Waals surface area contributed by atoms with Crippen LogP contribution >= 0.6 is 0 Å². The minimum Gasteiger partial charge on any atom is -0.354 e. The Kier molecular flexibility index (Phi) is 5.04. The Labute approximate surface area is 82.1 Å². The van der Waals surface area contributed by atoms with Gasteiger partial charge in [-0.15, -0.1) is 0 Å². The highest BCUT2D eigenvalue weighted by atomic mass is 16.1. The predicted octanol–water partition coefficient (Wildman–Crippen LogP) is 2.73. The molecular formula is C11H23NO. The van der Waals surface area contributed by atoms with Gasteiger partial charge in [0, 0.05) is 13.0 Å². The Morgan fingerprint density at radius 2 is 1.92 bits per heavy atom. The normalized spacial score (nSPS) is 19.5. The first kappa shape index (κ1) is 12.5. The zero-order valence-corrected chi connectivity index (χ0v) is 9.61. The van der Waals surface area contributed by atoms with E-state index < -0.39 is 0 Å². The van der Waals surface area contributed by atoms with Crippen LogP contribution in [0.25, 0.3) is 0 Å². The minimum absolute atomic E-state index is 0.0850. The van der Waals surface area contributed by atoms with Gasteiger partial charge in [-0.05, 0) is 31.6 Å². The Morgan fingerprint density at radius 3 is 2.23 bits per heavy atom. The lowest BCUT2D eigenvalue weighted by Crippen LogP contribution is -2.32. The average Bonchev–Trinajstić information content (AvgIpc) is 2.69. The van der Waals surface area contributed by atoms with Crippen LogP contribution in [0.15, 0.2) is 0 Å². The first-order valence-electron chi connectivity index (χ1n) is 5.29. The smallest absolute Gasteiger partial charge is 0.217 e. The molecular weight excluding hydrogens is 162 g/mol. The van der Waals surface area contributed by atoms with E-state index in [2.05, 4.69) is 19.2 Å². The number of rotatable bonds is 3. The van der Waals surface area contributed by atoms with Crippen molar-refractivity contribution in [1.82, 2.24) is 5.32 Å². The summed E-state index contributed by atoms with van der Waals surface area (Å²) in [5.41, 5.74) is 0.544. The number of hydrogen-bond acceptors (Lipinski definition) is 1. The molecule has 1 aliphatic rings. The summed E-state index contributed by atoms with van der Waals surface area (Å²) in [6, 6.07) is 0.347. The van der Waals surface area contributed by atoms with Crippen LogP contribution in [-0.2, 0) is 4.79 Å². The second kappa shape index (κ2) is 5.25. The van der Waals surface area contributed by atoms with E-state index in [4.69, 9.17) is 0 Å². The first-order valence-corrected chi connectivity index (χ1v) is 5.29. The van der Waals surface area contributed by atoms with Crippen LogP contribution in [0.3, 0.4) is 0 Å². The van der Waals surface area contributed by atoms with Gasteiger partial charge in [-0.3, -0.25) is 4.79 Å². The molecule has 13 heavy (non-hydrogen) atoms. The van der Waals surface area contributed by atoms with Crippen LogP contribution in [0, 0.1) is 5.41 Å². The lowest BCUT2D eigenvalue weighted by Gasteiger charge is -2.16. The van der Waals surface area contributed by atoms with Gasteiger partial charge in [-0.2, -0.15) is 0 Å². The second-order valence-corrected chi connectivity index (χ2v) is 4.12. The molecule has 2 nitrogen and oxygen atoms in total. The highest BCUT2D eigenvalue weighted by Gasteiger charge is 2.38. The molecule has 0 radical (unpaired) electrons. The van der Waals surface area contributed by atoms with Gasteiger partial charge in [-0.1, -0.05) is 20.8 Å². The molecule has 1 aliphatic carbocycles. The lowest BCUT2D eigenvalue weighted by atomic mass is 10.0. The van der Waals surface area contributed by atoms with E-state index in [-0.39, 0.29) is 5.91 Å². The van der Waals surface area contributed by atoms with E-state index in [0.717, 1.165) is 6.42 Å². The van der Waals surface area contributed by atoms with Crippen LogP contribution in [0.2, 0.25) is 0 Å². The number of carbonyl (C=O) groups excluding carboxylic acids is 1. The molecule has 0 aromatic heterocycles. The Morgan fingerprint density at radius 1 is 1.46 bits per heavy atom. The minimum atomic E-state index is 0.0850. The monoisotopic (exact) mass is 185 g/mol. The maximum absolute atomic E-state index is 10.6. The third-order valence-electron chi connectivity index (χ3n) is 2.35. The predicted molar refractivity (Wildman–Crippen MR) is 56.6 cm³/mol. The van der Waals surface area contributed by atoms with Gasteiger partial charge in [0.05, 0.1) is 0 Å². The fraction of sp³-hybridized carbons (Fsp3) is 0.909. The molecule has 1 fully saturated rings. The van der Waals surface area contributed by atoms with Crippen LogP contribution in [-0.4, -0.2) is 11.9 Å². The van der Waals surface area contributed by atoms with Crippen molar-refractivity contribution >= 4 is 5.91 Å². The van der Waals surface area contributed by atoms with Gasteiger partial charge >= 0.3 is 0 Å². The van der Waals surface area contributed by atoms with Crippen LogP contribution in [0.1, 0.15) is 53.9 Å². The van der Waals surface area contributed by atoms with Crippen LogP contribution in [0.4, 0.5) is 0 Å². The van der Waals surface area contributed by atoms with E-state index in [9.17, 15) is 4.79 Å². The quantitative estimate of drug-likeness (QED) is 0.719. The van der Waals surface area contributed by atoms with Gasteiger partial charge in [0.2, 0.25) is 5.91 Å². The van der Waals surface area contributed by atoms with E-state index >= 15 is 0 Å². The van der Waals surface area contributed by atoms with E-state index in [1.807, 2.05) is 13.8 Å². The number of carbonyl (C=O) groups is 1. The van der Waals surface area contributed by atoms with Crippen molar-refractivity contribution in [3.8, 4) is 0 Å². The standard InChI is InChI=1S/C9H17NO.C2H6/c1-7(10-8(2)11)6-9(3)4-5-9;1-2/h7H,4-6H2,1-3H3,(H,10,11);1-2H3. The molecule has 0 aliphatic heterocycles. The fourth-order valence-corrected chi connectivity index (χ4v) is 1.55. The van der Waals surface area contributed by atoms with Crippen molar-refractivity contribution in [3.05, 3.63) is 0 Å². The summed E-state index contributed by atoms with van der Waals surface area (Å²) in [6.07, 6.45) is 3.79. The molecule has 0 bridgehead atoms. The fourth-order valence-electron chi connectivity index (χ4n) is 1.55. The van der Waals surface area contributed by atoms with Crippen LogP contribution < -0.4 is 5.32 Å². The van der Waals surface area contributed by atoms with E-state index in [0.29, 0.717) is 11.5 Å². The van der Waals surface area contributed by atoms with E-state index in [1.54, 1.807) is 6.92 Å². The van der Waals surface area contributed by atoms with Crippen molar-refractivity contribution in [1.29, 1.82) is 0 Å². The number of nitrogens with one attached hydrogen (secondary N) is 1. The third kappa shape index (κ3) is 5.67. The topological polar surface area (TPSA) is 29.1 Å². The summed E-state index contributed by atoms with van der Waals surface area (Å²) >= 11 is 0. The van der Waals surface area contributed by atoms with Crippen molar-refractivity contribution in [2.75, 3.05) is 0 Å². The SMILES string of the molecule is CC.CC(=O)NC(C)CC1(C)CC1. The van der Waals surface area contributed by atoms with Gasteiger partial charge < -0.3 is 5.32 Å². The molecule has 1 N–H and O–H groups in total. The maximum Gasteiger partial charge on any atom is 0.217 e. The molecule has 2 heteroatoms. The van der Waals surface area contributed by atoms with Gasteiger partial charge in [0.1, 0.15) is 0 Å². The number of amides is 1. The zero-order chi connectivity index (χ0) is 10.5. The van der Waals surface area contributed by atoms with E-state index in [1.165, 1.54) is 12.8 Å². The zero-order valence-electron chi connectivity index (χ0n) is 9.61. The van der Waals surface area contributed by atoms with Gasteiger partial charge in [0.15, 0.2) is 0 Å². The van der Waals surface area contributed by atoms with Crippen LogP contribution in [0.5, 0.6) is 0 Å². The lowest BCUT2D eigenvalue weighted by molar-refractivity contribution is -0.119. The molecule has 78 valence electrons. The summed E-state index contributed by atoms with van der Waals surface area (Å²) in [4.78, 5) is 10.6. The molecule has 0 aromatic carbocycles. The molecule has 0 aromatic rings. The van der Waals surface area contributed by atoms with Crippen molar-refractivity contribution in [2.45, 2.75) is 59.9 Å². The molecule has 1 rings (SSSR count). The molecule has 0 spiro atoms. The van der Waals surface area contributed by atoms with Crippen molar-refractivity contribution in [2.24, 2.45) is 5.41 Å². The maximum atomic E-state index is 10.6. The molecule has 0 saturated heterocycles. The summed E-state index contributed by atoms with van der Waals surface area (Å²) in [6.45, 7) is 9.93. The first-order chi connectivity index (χ1) is 6.02. The summed E-state index contributed by atoms with van der Waals surface area (Å²) in [7, 11) is 0. The molecule has 1 amide bonds. The van der Waals surface area contributed by atoms with Gasteiger partial charge in [0.25, 0.3) is 0 Å². The Bertz CT molecular complexity index is 161. The third-order valence-corrected chi connectivity index (χ3v) is 2.35.